The number of halogens is 1. The number of nitrogens with one attached hydrogen (secondary N) is 1. The van der Waals surface area contributed by atoms with Crippen LogP contribution in [0.5, 0.6) is 0 Å². The summed E-state index contributed by atoms with van der Waals surface area (Å²) in [6.45, 7) is 0. The maximum atomic E-state index is 11.1. The van der Waals surface area contributed by atoms with Crippen molar-refractivity contribution in [1.29, 1.82) is 0 Å². The van der Waals surface area contributed by atoms with E-state index in [0.717, 1.165) is 11.3 Å². The minimum atomic E-state index is -0.930. The van der Waals surface area contributed by atoms with Gasteiger partial charge >= 0.3 is 0 Å². The van der Waals surface area contributed by atoms with Crippen LogP contribution in [0.15, 0.2) is 18.2 Å². The van der Waals surface area contributed by atoms with Gasteiger partial charge < -0.3 is 15.5 Å². The summed E-state index contributed by atoms with van der Waals surface area (Å²) in [4.78, 5) is 11.1. The molecule has 2 atom stereocenters. The highest BCUT2D eigenvalue weighted by Gasteiger charge is 2.22. The molecule has 0 saturated heterocycles. The summed E-state index contributed by atoms with van der Waals surface area (Å²) in [5, 5.41) is 22.3. The van der Waals surface area contributed by atoms with Gasteiger partial charge in [-0.2, -0.15) is 0 Å². The molecular weight excluding hydrogens is 274 g/mol. The molecule has 0 bridgehead atoms. The molecule has 0 aromatic heterocycles. The number of carbonyl (C=O) groups excluding carboxylic acids is 1. The van der Waals surface area contributed by atoms with Gasteiger partial charge in [-0.3, -0.25) is 4.79 Å². The van der Waals surface area contributed by atoms with Crippen LogP contribution in [0, 0.1) is 0 Å². The number of rotatable bonds is 3. The van der Waals surface area contributed by atoms with Crippen LogP contribution in [0.2, 0.25) is 0 Å². The Balaban J connectivity index is 2.25. The smallest absolute Gasteiger partial charge is 0.228 e. The van der Waals surface area contributed by atoms with Crippen molar-refractivity contribution in [3.05, 3.63) is 29.3 Å². The molecule has 0 aliphatic carbocycles. The number of alkyl halides is 1. The summed E-state index contributed by atoms with van der Waals surface area (Å²) in [6, 6.07) is 5.21. The Bertz CT molecular complexity index is 422. The third-order valence-electron chi connectivity index (χ3n) is 2.62. The Kier molecular flexibility index (Phi) is 3.28. The lowest BCUT2D eigenvalue weighted by molar-refractivity contribution is -0.115. The van der Waals surface area contributed by atoms with Crippen LogP contribution < -0.4 is 5.32 Å². The number of carbonyl (C=O) groups is 1. The van der Waals surface area contributed by atoms with Gasteiger partial charge in [0.1, 0.15) is 6.10 Å². The van der Waals surface area contributed by atoms with Crippen molar-refractivity contribution < 1.29 is 15.0 Å². The first-order valence-electron chi connectivity index (χ1n) is 4.96. The maximum Gasteiger partial charge on any atom is 0.228 e. The van der Waals surface area contributed by atoms with Crippen LogP contribution in [-0.2, 0) is 11.2 Å². The summed E-state index contributed by atoms with van der Waals surface area (Å²) in [5.74, 6) is -0.0392. The van der Waals surface area contributed by atoms with Gasteiger partial charge in [-0.1, -0.05) is 28.1 Å². The zero-order valence-corrected chi connectivity index (χ0v) is 10.1. The third kappa shape index (κ3) is 2.11. The second-order valence-corrected chi connectivity index (χ2v) is 4.46. The van der Waals surface area contributed by atoms with Gasteiger partial charge in [-0.05, 0) is 17.2 Å². The SMILES string of the molecule is O=C1Cc2cc(C(O)C(O)CBr)ccc2N1. The van der Waals surface area contributed by atoms with Gasteiger partial charge in [0, 0.05) is 11.0 Å². The van der Waals surface area contributed by atoms with E-state index in [9.17, 15) is 15.0 Å². The molecule has 0 saturated carbocycles. The average Bonchev–Trinajstić information content (AvgIpc) is 2.65. The maximum absolute atomic E-state index is 11.1. The molecule has 16 heavy (non-hydrogen) atoms. The fraction of sp³-hybridized carbons (Fsp3) is 0.364. The summed E-state index contributed by atoms with van der Waals surface area (Å²) in [6.07, 6.45) is -1.44. The van der Waals surface area contributed by atoms with Gasteiger partial charge in [-0.25, -0.2) is 0 Å². The van der Waals surface area contributed by atoms with Crippen LogP contribution in [0.1, 0.15) is 17.2 Å². The van der Waals surface area contributed by atoms with Crippen LogP contribution in [0.4, 0.5) is 5.69 Å². The van der Waals surface area contributed by atoms with Gasteiger partial charge in [0.2, 0.25) is 5.91 Å². The molecule has 2 unspecified atom stereocenters. The van der Waals surface area contributed by atoms with E-state index in [1.807, 2.05) is 0 Å². The van der Waals surface area contributed by atoms with Crippen molar-refractivity contribution in [2.24, 2.45) is 0 Å². The molecule has 0 radical (unpaired) electrons. The molecule has 1 aliphatic heterocycles. The van der Waals surface area contributed by atoms with Gasteiger partial charge in [0.05, 0.1) is 12.5 Å². The van der Waals surface area contributed by atoms with E-state index in [1.165, 1.54) is 0 Å². The number of fused-ring (bicyclic) bond motifs is 1. The first-order chi connectivity index (χ1) is 7.61. The first-order valence-corrected chi connectivity index (χ1v) is 6.08. The molecule has 0 spiro atoms. The molecule has 3 N–H and O–H groups in total. The number of anilines is 1. The lowest BCUT2D eigenvalue weighted by Crippen LogP contribution is -2.19. The fourth-order valence-electron chi connectivity index (χ4n) is 1.74. The van der Waals surface area contributed by atoms with E-state index in [-0.39, 0.29) is 5.91 Å². The lowest BCUT2D eigenvalue weighted by Gasteiger charge is -2.16. The summed E-state index contributed by atoms with van der Waals surface area (Å²) in [7, 11) is 0. The minimum Gasteiger partial charge on any atom is -0.389 e. The van der Waals surface area contributed by atoms with E-state index < -0.39 is 12.2 Å². The van der Waals surface area contributed by atoms with Crippen molar-refractivity contribution in [3.63, 3.8) is 0 Å². The van der Waals surface area contributed by atoms with Crippen LogP contribution in [0.3, 0.4) is 0 Å². The zero-order chi connectivity index (χ0) is 11.7. The number of aliphatic hydroxyl groups excluding tert-OH is 2. The number of benzene rings is 1. The highest BCUT2D eigenvalue weighted by Crippen LogP contribution is 2.27. The van der Waals surface area contributed by atoms with Crippen molar-refractivity contribution in [2.45, 2.75) is 18.6 Å². The Morgan fingerprint density at radius 2 is 2.19 bits per heavy atom. The second kappa shape index (κ2) is 4.53. The molecule has 86 valence electrons. The minimum absolute atomic E-state index is 0.0392. The number of hydrogen-bond acceptors (Lipinski definition) is 3. The van der Waals surface area contributed by atoms with Crippen molar-refractivity contribution in [1.82, 2.24) is 0 Å². The standard InChI is InChI=1S/C11H12BrNO3/c12-5-9(14)11(16)6-1-2-8-7(3-6)4-10(15)13-8/h1-3,9,11,14,16H,4-5H2,(H,13,15). The Morgan fingerprint density at radius 3 is 2.88 bits per heavy atom. The second-order valence-electron chi connectivity index (χ2n) is 3.81. The normalized spacial score (nSPS) is 17.8. The van der Waals surface area contributed by atoms with E-state index in [2.05, 4.69) is 21.2 Å². The zero-order valence-electron chi connectivity index (χ0n) is 8.48. The summed E-state index contributed by atoms with van der Waals surface area (Å²) in [5.41, 5.74) is 2.28. The molecule has 1 aliphatic rings. The third-order valence-corrected chi connectivity index (χ3v) is 3.28. The molecule has 1 heterocycles. The Hall–Kier alpha value is -0.910. The number of aliphatic hydroxyl groups is 2. The topological polar surface area (TPSA) is 69.6 Å². The molecule has 1 amide bonds. The fourth-order valence-corrected chi connectivity index (χ4v) is 2.09. The number of hydrogen-bond donors (Lipinski definition) is 3. The first kappa shape index (κ1) is 11.6. The monoisotopic (exact) mass is 285 g/mol. The van der Waals surface area contributed by atoms with E-state index >= 15 is 0 Å². The number of amides is 1. The molecular formula is C11H12BrNO3. The van der Waals surface area contributed by atoms with E-state index in [0.29, 0.717) is 17.3 Å². The highest BCUT2D eigenvalue weighted by atomic mass is 79.9. The quantitative estimate of drug-likeness (QED) is 0.725. The Morgan fingerprint density at radius 1 is 1.44 bits per heavy atom. The van der Waals surface area contributed by atoms with Gasteiger partial charge in [0.15, 0.2) is 0 Å². The van der Waals surface area contributed by atoms with Gasteiger partial charge in [0.25, 0.3) is 0 Å². The lowest BCUT2D eigenvalue weighted by atomic mass is 10.0. The molecule has 0 fully saturated rings. The average molecular weight is 286 g/mol. The van der Waals surface area contributed by atoms with E-state index in [1.54, 1.807) is 18.2 Å². The predicted molar refractivity (Wildman–Crippen MR) is 63.5 cm³/mol. The molecule has 1 aromatic carbocycles. The summed E-state index contributed by atoms with van der Waals surface area (Å²) < 4.78 is 0. The van der Waals surface area contributed by atoms with Crippen molar-refractivity contribution >= 4 is 27.5 Å². The summed E-state index contributed by atoms with van der Waals surface area (Å²) >= 11 is 3.11. The molecule has 1 aromatic rings. The molecule has 5 heteroatoms. The van der Waals surface area contributed by atoms with Crippen LogP contribution >= 0.6 is 15.9 Å². The van der Waals surface area contributed by atoms with Gasteiger partial charge in [-0.15, -0.1) is 0 Å². The van der Waals surface area contributed by atoms with Crippen molar-refractivity contribution in [3.8, 4) is 0 Å². The van der Waals surface area contributed by atoms with Crippen LogP contribution in [-0.4, -0.2) is 27.6 Å². The molecule has 4 nitrogen and oxygen atoms in total. The molecule has 2 rings (SSSR count). The highest BCUT2D eigenvalue weighted by molar-refractivity contribution is 9.09. The van der Waals surface area contributed by atoms with E-state index in [4.69, 9.17) is 0 Å². The largest absolute Gasteiger partial charge is 0.389 e. The predicted octanol–water partition coefficient (Wildman–Crippen LogP) is 0.970. The van der Waals surface area contributed by atoms with Crippen LogP contribution in [0.25, 0.3) is 0 Å². The Labute approximate surface area is 101 Å². The van der Waals surface area contributed by atoms with Crippen molar-refractivity contribution in [2.75, 3.05) is 10.6 Å².